The van der Waals surface area contributed by atoms with Gasteiger partial charge in [-0.3, -0.25) is 4.79 Å². The molecule has 4 nitrogen and oxygen atoms in total. The lowest BCUT2D eigenvalue weighted by Crippen LogP contribution is -2.18. The monoisotopic (exact) mass is 326 g/mol. The Balaban J connectivity index is 1.53. The van der Waals surface area contributed by atoms with E-state index in [1.807, 2.05) is 56.3 Å². The van der Waals surface area contributed by atoms with Gasteiger partial charge in [-0.1, -0.05) is 24.3 Å². The molecule has 118 valence electrons. The molecule has 0 aliphatic heterocycles. The van der Waals surface area contributed by atoms with Gasteiger partial charge in [-0.05, 0) is 43.2 Å². The Hall–Kier alpha value is -2.24. The fourth-order valence-electron chi connectivity index (χ4n) is 2.27. The Labute approximate surface area is 139 Å². The number of carbonyl (C=O) groups excluding carboxylic acids is 1. The summed E-state index contributed by atoms with van der Waals surface area (Å²) in [6.45, 7) is 4.33. The highest BCUT2D eigenvalue weighted by atomic mass is 32.1. The molecule has 1 aromatic heterocycles. The molecule has 3 rings (SSSR count). The molecule has 1 amide bonds. The van der Waals surface area contributed by atoms with Gasteiger partial charge in [0.05, 0.1) is 16.8 Å². The summed E-state index contributed by atoms with van der Waals surface area (Å²) < 4.78 is 6.62. The highest BCUT2D eigenvalue weighted by Gasteiger charge is 2.07. The number of nitrogens with zero attached hydrogens (tertiary/aromatic N) is 1. The number of anilines is 1. The standard InChI is InChI=1S/C18H18N2O2S/c1-12-7-8-13(2)15(9-12)19-17(21)10-22-11-18-20-14-5-3-4-6-16(14)23-18/h3-9H,10-11H2,1-2H3,(H,19,21). The van der Waals surface area contributed by atoms with Crippen LogP contribution in [0.2, 0.25) is 0 Å². The van der Waals surface area contributed by atoms with E-state index >= 15 is 0 Å². The molecule has 0 radical (unpaired) electrons. The van der Waals surface area contributed by atoms with Crippen molar-refractivity contribution in [3.05, 3.63) is 58.6 Å². The van der Waals surface area contributed by atoms with Crippen molar-refractivity contribution in [3.8, 4) is 0 Å². The average Bonchev–Trinajstić information content (AvgIpc) is 2.93. The molecule has 1 N–H and O–H groups in total. The topological polar surface area (TPSA) is 51.2 Å². The summed E-state index contributed by atoms with van der Waals surface area (Å²) in [6.07, 6.45) is 0. The summed E-state index contributed by atoms with van der Waals surface area (Å²) in [5, 5.41) is 3.76. The van der Waals surface area contributed by atoms with Crippen molar-refractivity contribution in [1.82, 2.24) is 4.98 Å². The van der Waals surface area contributed by atoms with Gasteiger partial charge in [0.15, 0.2) is 0 Å². The third kappa shape index (κ3) is 3.94. The van der Waals surface area contributed by atoms with E-state index in [2.05, 4.69) is 10.3 Å². The fraction of sp³-hybridized carbons (Fsp3) is 0.222. The summed E-state index contributed by atoms with van der Waals surface area (Å²) in [4.78, 5) is 16.5. The zero-order valence-electron chi connectivity index (χ0n) is 13.1. The van der Waals surface area contributed by atoms with Crippen molar-refractivity contribution in [1.29, 1.82) is 0 Å². The fourth-order valence-corrected chi connectivity index (χ4v) is 3.17. The minimum atomic E-state index is -0.153. The molecule has 0 bridgehead atoms. The first-order valence-corrected chi connectivity index (χ1v) is 8.23. The van der Waals surface area contributed by atoms with Crippen molar-refractivity contribution < 1.29 is 9.53 Å². The van der Waals surface area contributed by atoms with Gasteiger partial charge in [-0.25, -0.2) is 4.98 Å². The lowest BCUT2D eigenvalue weighted by Gasteiger charge is -2.09. The number of aryl methyl sites for hydroxylation is 2. The molecule has 0 fully saturated rings. The van der Waals surface area contributed by atoms with E-state index in [4.69, 9.17) is 4.74 Å². The molecule has 5 heteroatoms. The van der Waals surface area contributed by atoms with Crippen molar-refractivity contribution in [2.75, 3.05) is 11.9 Å². The van der Waals surface area contributed by atoms with E-state index in [9.17, 15) is 4.79 Å². The smallest absolute Gasteiger partial charge is 0.250 e. The van der Waals surface area contributed by atoms with Gasteiger partial charge in [-0.15, -0.1) is 11.3 Å². The van der Waals surface area contributed by atoms with Crippen molar-refractivity contribution in [3.63, 3.8) is 0 Å². The van der Waals surface area contributed by atoms with Crippen LogP contribution < -0.4 is 5.32 Å². The lowest BCUT2D eigenvalue weighted by molar-refractivity contribution is -0.121. The van der Waals surface area contributed by atoms with E-state index in [1.165, 1.54) is 0 Å². The minimum Gasteiger partial charge on any atom is -0.364 e. The number of amides is 1. The quantitative estimate of drug-likeness (QED) is 0.769. The van der Waals surface area contributed by atoms with Crippen LogP contribution in [-0.4, -0.2) is 17.5 Å². The van der Waals surface area contributed by atoms with Gasteiger partial charge in [0.1, 0.15) is 11.6 Å². The highest BCUT2D eigenvalue weighted by Crippen LogP contribution is 2.22. The highest BCUT2D eigenvalue weighted by molar-refractivity contribution is 7.18. The molecular formula is C18H18N2O2S. The molecule has 1 heterocycles. The van der Waals surface area contributed by atoms with E-state index in [0.29, 0.717) is 6.61 Å². The van der Waals surface area contributed by atoms with Gasteiger partial charge >= 0.3 is 0 Å². The number of nitrogens with one attached hydrogen (secondary N) is 1. The Kier molecular flexibility index (Phi) is 4.69. The number of fused-ring (bicyclic) bond motifs is 1. The molecule has 0 aliphatic rings. The van der Waals surface area contributed by atoms with Crippen LogP contribution in [0, 0.1) is 13.8 Å². The maximum absolute atomic E-state index is 12.0. The van der Waals surface area contributed by atoms with Crippen LogP contribution >= 0.6 is 11.3 Å². The second-order valence-corrected chi connectivity index (χ2v) is 6.55. The first kappa shape index (κ1) is 15.6. The molecular weight excluding hydrogens is 308 g/mol. The molecule has 3 aromatic rings. The maximum atomic E-state index is 12.0. The summed E-state index contributed by atoms with van der Waals surface area (Å²) in [7, 11) is 0. The summed E-state index contributed by atoms with van der Waals surface area (Å²) >= 11 is 1.59. The maximum Gasteiger partial charge on any atom is 0.250 e. The zero-order chi connectivity index (χ0) is 16.2. The molecule has 0 saturated carbocycles. The SMILES string of the molecule is Cc1ccc(C)c(NC(=O)COCc2nc3ccccc3s2)c1. The predicted molar refractivity (Wildman–Crippen MR) is 93.8 cm³/mol. The Bertz CT molecular complexity index is 809. The van der Waals surface area contributed by atoms with Crippen LogP contribution in [0.25, 0.3) is 10.2 Å². The van der Waals surface area contributed by atoms with E-state index < -0.39 is 0 Å². The van der Waals surface area contributed by atoms with Crippen molar-refractivity contribution in [2.24, 2.45) is 0 Å². The molecule has 0 atom stereocenters. The average molecular weight is 326 g/mol. The molecule has 0 aliphatic carbocycles. The Morgan fingerprint density at radius 2 is 2.04 bits per heavy atom. The number of ether oxygens (including phenoxy) is 1. The van der Waals surface area contributed by atoms with Crippen LogP contribution in [0.5, 0.6) is 0 Å². The predicted octanol–water partition coefficient (Wildman–Crippen LogP) is 4.07. The Morgan fingerprint density at radius 1 is 1.22 bits per heavy atom. The second-order valence-electron chi connectivity index (χ2n) is 5.43. The zero-order valence-corrected chi connectivity index (χ0v) is 13.9. The normalized spacial score (nSPS) is 10.9. The number of thiazole rings is 1. The van der Waals surface area contributed by atoms with Crippen LogP contribution in [0.4, 0.5) is 5.69 Å². The number of hydrogen-bond acceptors (Lipinski definition) is 4. The molecule has 0 spiro atoms. The minimum absolute atomic E-state index is 0.0172. The molecule has 2 aromatic carbocycles. The number of hydrogen-bond donors (Lipinski definition) is 1. The van der Waals surface area contributed by atoms with Crippen LogP contribution in [0.15, 0.2) is 42.5 Å². The van der Waals surface area contributed by atoms with Gasteiger partial charge in [-0.2, -0.15) is 0 Å². The summed E-state index contributed by atoms with van der Waals surface area (Å²) in [5.41, 5.74) is 3.95. The number of benzene rings is 2. The number of para-hydroxylation sites is 1. The van der Waals surface area contributed by atoms with Gasteiger partial charge in [0.2, 0.25) is 5.91 Å². The third-order valence-corrected chi connectivity index (χ3v) is 4.47. The van der Waals surface area contributed by atoms with Crippen molar-refractivity contribution >= 4 is 33.1 Å². The van der Waals surface area contributed by atoms with Gasteiger partial charge < -0.3 is 10.1 Å². The van der Waals surface area contributed by atoms with Crippen LogP contribution in [-0.2, 0) is 16.1 Å². The largest absolute Gasteiger partial charge is 0.364 e. The Morgan fingerprint density at radius 3 is 2.87 bits per heavy atom. The number of carbonyl (C=O) groups is 1. The summed E-state index contributed by atoms with van der Waals surface area (Å²) in [5.74, 6) is -0.153. The number of rotatable bonds is 5. The number of aromatic nitrogens is 1. The van der Waals surface area contributed by atoms with E-state index in [0.717, 1.165) is 32.0 Å². The summed E-state index contributed by atoms with van der Waals surface area (Å²) in [6, 6.07) is 13.9. The molecule has 0 saturated heterocycles. The van der Waals surface area contributed by atoms with Crippen molar-refractivity contribution in [2.45, 2.75) is 20.5 Å². The second kappa shape index (κ2) is 6.89. The van der Waals surface area contributed by atoms with Gasteiger partial charge in [0, 0.05) is 5.69 Å². The van der Waals surface area contributed by atoms with Crippen LogP contribution in [0.3, 0.4) is 0 Å². The molecule has 23 heavy (non-hydrogen) atoms. The van der Waals surface area contributed by atoms with E-state index in [1.54, 1.807) is 11.3 Å². The molecule has 0 unspecified atom stereocenters. The van der Waals surface area contributed by atoms with Crippen LogP contribution in [0.1, 0.15) is 16.1 Å². The lowest BCUT2D eigenvalue weighted by atomic mass is 10.1. The van der Waals surface area contributed by atoms with E-state index in [-0.39, 0.29) is 12.5 Å². The first-order chi connectivity index (χ1) is 11.1. The van der Waals surface area contributed by atoms with Gasteiger partial charge in [0.25, 0.3) is 0 Å². The third-order valence-electron chi connectivity index (χ3n) is 3.46. The first-order valence-electron chi connectivity index (χ1n) is 7.41.